The van der Waals surface area contributed by atoms with Gasteiger partial charge in [0.15, 0.2) is 0 Å². The Balaban J connectivity index is 2.19. The molecule has 1 unspecified atom stereocenters. The molecule has 2 N–H and O–H groups in total. The molecule has 1 atom stereocenters. The Morgan fingerprint density at radius 3 is 2.45 bits per heavy atom. The van der Waals surface area contributed by atoms with Gasteiger partial charge in [-0.2, -0.15) is 0 Å². The minimum absolute atomic E-state index is 0.00846. The Kier molecular flexibility index (Phi) is 3.62. The monoisotopic (exact) mass is 282 g/mol. The molecule has 2 aliphatic rings. The third-order valence-corrected chi connectivity index (χ3v) is 4.10. The number of carbonyl (C=O) groups is 3. The van der Waals surface area contributed by atoms with Crippen molar-refractivity contribution in [3.63, 3.8) is 0 Å². The van der Waals surface area contributed by atoms with E-state index in [1.807, 2.05) is 0 Å². The zero-order chi connectivity index (χ0) is 15.1. The maximum Gasteiger partial charge on any atom is 0.328 e. The highest BCUT2D eigenvalue weighted by Gasteiger charge is 2.54. The fourth-order valence-corrected chi connectivity index (χ4v) is 2.67. The lowest BCUT2D eigenvalue weighted by Crippen LogP contribution is -2.59. The number of esters is 1. The van der Waals surface area contributed by atoms with Gasteiger partial charge in [-0.25, -0.2) is 4.79 Å². The van der Waals surface area contributed by atoms with Crippen molar-refractivity contribution in [1.29, 1.82) is 0 Å². The average Bonchev–Trinajstić information content (AvgIpc) is 3.15. The predicted octanol–water partition coefficient (Wildman–Crippen LogP) is 0.442. The van der Waals surface area contributed by atoms with Crippen molar-refractivity contribution in [2.24, 2.45) is 17.1 Å². The quantitative estimate of drug-likeness (QED) is 0.584. The van der Waals surface area contributed by atoms with Crippen molar-refractivity contribution < 1.29 is 19.1 Å². The van der Waals surface area contributed by atoms with Gasteiger partial charge in [-0.1, -0.05) is 13.8 Å². The number of hydrogen-bond donors (Lipinski definition) is 1. The van der Waals surface area contributed by atoms with Gasteiger partial charge < -0.3 is 10.5 Å². The molecule has 0 radical (unpaired) electrons. The highest BCUT2D eigenvalue weighted by atomic mass is 16.5. The van der Waals surface area contributed by atoms with Crippen LogP contribution < -0.4 is 5.73 Å². The molecule has 2 fully saturated rings. The van der Waals surface area contributed by atoms with Crippen LogP contribution in [0.2, 0.25) is 0 Å². The van der Waals surface area contributed by atoms with E-state index in [0.717, 1.165) is 17.7 Å². The zero-order valence-corrected chi connectivity index (χ0v) is 12.3. The van der Waals surface area contributed by atoms with E-state index in [0.29, 0.717) is 0 Å². The van der Waals surface area contributed by atoms with Crippen LogP contribution >= 0.6 is 0 Å². The first kappa shape index (κ1) is 15.0. The summed E-state index contributed by atoms with van der Waals surface area (Å²) in [7, 11) is 0. The van der Waals surface area contributed by atoms with E-state index in [1.54, 1.807) is 20.8 Å². The van der Waals surface area contributed by atoms with Crippen LogP contribution in [0.3, 0.4) is 0 Å². The first-order valence-electron chi connectivity index (χ1n) is 7.03. The van der Waals surface area contributed by atoms with Crippen molar-refractivity contribution in [1.82, 2.24) is 4.90 Å². The summed E-state index contributed by atoms with van der Waals surface area (Å²) in [6, 6.07) is 0. The van der Waals surface area contributed by atoms with Crippen LogP contribution in [0.25, 0.3) is 0 Å². The number of hydrogen-bond acceptors (Lipinski definition) is 5. The smallest absolute Gasteiger partial charge is 0.328 e. The van der Waals surface area contributed by atoms with Gasteiger partial charge in [0.2, 0.25) is 11.8 Å². The molecule has 112 valence electrons. The van der Waals surface area contributed by atoms with Gasteiger partial charge in [-0.3, -0.25) is 14.5 Å². The molecule has 6 heteroatoms. The second-order valence-electron chi connectivity index (χ2n) is 6.38. The average molecular weight is 282 g/mol. The highest BCUT2D eigenvalue weighted by Crippen LogP contribution is 2.41. The predicted molar refractivity (Wildman–Crippen MR) is 71.4 cm³/mol. The van der Waals surface area contributed by atoms with Crippen LogP contribution in [0.4, 0.5) is 0 Å². The number of carbonyl (C=O) groups excluding carboxylic acids is 3. The number of likely N-dealkylation sites (tertiary alicyclic amines) is 1. The van der Waals surface area contributed by atoms with E-state index in [4.69, 9.17) is 10.5 Å². The first-order valence-corrected chi connectivity index (χ1v) is 7.03. The third kappa shape index (κ3) is 2.44. The van der Waals surface area contributed by atoms with Crippen LogP contribution in [-0.4, -0.2) is 41.4 Å². The normalized spacial score (nSPS) is 24.7. The molecule has 2 rings (SSSR count). The van der Waals surface area contributed by atoms with Crippen LogP contribution in [0, 0.1) is 11.3 Å². The lowest BCUT2D eigenvalue weighted by Gasteiger charge is -2.31. The summed E-state index contributed by atoms with van der Waals surface area (Å²) >= 11 is 0. The highest BCUT2D eigenvalue weighted by molar-refractivity contribution is 6.06. The molecule has 0 aromatic heterocycles. The molecule has 0 aromatic rings. The zero-order valence-electron chi connectivity index (χ0n) is 12.3. The van der Waals surface area contributed by atoms with Crippen molar-refractivity contribution in [2.45, 2.75) is 45.6 Å². The summed E-state index contributed by atoms with van der Waals surface area (Å²) in [6.45, 7) is 5.33. The Morgan fingerprint density at radius 2 is 2.05 bits per heavy atom. The number of imide groups is 1. The lowest BCUT2D eigenvalue weighted by atomic mass is 9.91. The van der Waals surface area contributed by atoms with Gasteiger partial charge >= 0.3 is 5.97 Å². The molecule has 1 aliphatic carbocycles. The summed E-state index contributed by atoms with van der Waals surface area (Å²) < 4.78 is 5.03. The van der Waals surface area contributed by atoms with E-state index in [-0.39, 0.29) is 37.3 Å². The SMILES string of the molecule is CCOC(=O)C(N)(CN1C(=O)CC(C)(C)C1=O)C1CC1. The Morgan fingerprint density at radius 1 is 1.45 bits per heavy atom. The number of nitrogens with zero attached hydrogens (tertiary/aromatic N) is 1. The molecule has 6 nitrogen and oxygen atoms in total. The van der Waals surface area contributed by atoms with Crippen molar-refractivity contribution >= 4 is 17.8 Å². The van der Waals surface area contributed by atoms with Gasteiger partial charge in [-0.05, 0) is 25.7 Å². The van der Waals surface area contributed by atoms with Crippen LogP contribution in [0.15, 0.2) is 0 Å². The number of rotatable bonds is 5. The Hall–Kier alpha value is -1.43. The fourth-order valence-electron chi connectivity index (χ4n) is 2.67. The number of amides is 2. The second kappa shape index (κ2) is 4.84. The first-order chi connectivity index (χ1) is 9.22. The number of nitrogens with two attached hydrogens (primary N) is 1. The van der Waals surface area contributed by atoms with Crippen molar-refractivity contribution in [3.05, 3.63) is 0 Å². The largest absolute Gasteiger partial charge is 0.465 e. The Labute approximate surface area is 118 Å². The van der Waals surface area contributed by atoms with Crippen LogP contribution in [0.5, 0.6) is 0 Å². The summed E-state index contributed by atoms with van der Waals surface area (Å²) in [5, 5.41) is 0. The van der Waals surface area contributed by atoms with E-state index < -0.39 is 16.9 Å². The molecule has 1 heterocycles. The van der Waals surface area contributed by atoms with Gasteiger partial charge in [0.25, 0.3) is 0 Å². The van der Waals surface area contributed by atoms with Crippen molar-refractivity contribution in [2.75, 3.05) is 13.2 Å². The molecule has 1 saturated heterocycles. The molecule has 2 amide bonds. The van der Waals surface area contributed by atoms with E-state index in [2.05, 4.69) is 0 Å². The summed E-state index contributed by atoms with van der Waals surface area (Å²) in [6.07, 6.45) is 1.82. The minimum Gasteiger partial charge on any atom is -0.465 e. The molecule has 0 bridgehead atoms. The lowest BCUT2D eigenvalue weighted by molar-refractivity contribution is -0.153. The van der Waals surface area contributed by atoms with Crippen LogP contribution in [-0.2, 0) is 19.1 Å². The molecule has 20 heavy (non-hydrogen) atoms. The van der Waals surface area contributed by atoms with Gasteiger partial charge in [0.1, 0.15) is 5.54 Å². The third-order valence-electron chi connectivity index (χ3n) is 4.10. The number of ether oxygens (including phenoxy) is 1. The van der Waals surface area contributed by atoms with Crippen LogP contribution in [0.1, 0.15) is 40.0 Å². The summed E-state index contributed by atoms with van der Waals surface area (Å²) in [5.74, 6) is -1.05. The standard InChI is InChI=1S/C14H22N2O4/c1-4-20-12(19)14(15,9-5-6-9)8-16-10(17)7-13(2,3)11(16)18/h9H,4-8,15H2,1-3H3. The molecule has 0 spiro atoms. The summed E-state index contributed by atoms with van der Waals surface area (Å²) in [4.78, 5) is 37.5. The maximum absolute atomic E-state index is 12.2. The van der Waals surface area contributed by atoms with Gasteiger partial charge in [-0.15, -0.1) is 0 Å². The van der Waals surface area contributed by atoms with Gasteiger partial charge in [0, 0.05) is 6.42 Å². The molecule has 1 saturated carbocycles. The fraction of sp³-hybridized carbons (Fsp3) is 0.786. The molecular formula is C14H22N2O4. The van der Waals surface area contributed by atoms with E-state index in [9.17, 15) is 14.4 Å². The summed E-state index contributed by atoms with van der Waals surface area (Å²) in [5.41, 5.74) is 4.23. The second-order valence-corrected chi connectivity index (χ2v) is 6.38. The molecule has 1 aliphatic heterocycles. The minimum atomic E-state index is -1.26. The van der Waals surface area contributed by atoms with Crippen molar-refractivity contribution in [3.8, 4) is 0 Å². The topological polar surface area (TPSA) is 89.7 Å². The molecular weight excluding hydrogens is 260 g/mol. The Bertz CT molecular complexity index is 456. The maximum atomic E-state index is 12.2. The van der Waals surface area contributed by atoms with Gasteiger partial charge in [0.05, 0.1) is 18.6 Å². The van der Waals surface area contributed by atoms with E-state index in [1.165, 1.54) is 0 Å². The van der Waals surface area contributed by atoms with E-state index >= 15 is 0 Å². The molecule has 0 aromatic carbocycles.